The number of carbonyl (C=O) groups excluding carboxylic acids is 1. The Labute approximate surface area is 184 Å². The molecule has 8 heteroatoms. The molecule has 0 aliphatic heterocycles. The molecule has 0 saturated heterocycles. The summed E-state index contributed by atoms with van der Waals surface area (Å²) in [6.07, 6.45) is 5.45. The molecule has 166 valence electrons. The SMILES string of the molecule is C[C@H]1[C@H]2C[C@H](C[C@H]1NS(=O)(=O)c1ccc(NC(=O)NCc3cccnc3)cc1)C2(C)C. The molecule has 31 heavy (non-hydrogen) atoms. The number of benzene rings is 1. The van der Waals surface area contributed by atoms with Gasteiger partial charge in [-0.1, -0.05) is 26.8 Å². The van der Waals surface area contributed by atoms with Crippen LogP contribution in [0.3, 0.4) is 0 Å². The fourth-order valence-electron chi connectivity index (χ4n) is 5.15. The highest BCUT2D eigenvalue weighted by molar-refractivity contribution is 7.89. The standard InChI is InChI=1S/C23H30N4O3S/c1-15-20-11-17(23(20,2)3)12-21(15)27-31(29,30)19-8-6-18(7-9-19)26-22(28)25-14-16-5-4-10-24-13-16/h4-10,13,15,17,20-21,27H,11-12,14H2,1-3H3,(H2,25,26,28)/t15-,17+,20+,21+/m0/s1. The van der Waals surface area contributed by atoms with Crippen LogP contribution in [-0.2, 0) is 16.6 Å². The van der Waals surface area contributed by atoms with Crippen molar-refractivity contribution in [1.82, 2.24) is 15.0 Å². The number of fused-ring (bicyclic) bond motifs is 2. The van der Waals surface area contributed by atoms with E-state index in [1.54, 1.807) is 30.6 Å². The number of amides is 2. The first-order valence-electron chi connectivity index (χ1n) is 10.7. The lowest BCUT2D eigenvalue weighted by atomic mass is 9.45. The average Bonchev–Trinajstić information content (AvgIpc) is 2.74. The molecule has 1 aromatic heterocycles. The highest BCUT2D eigenvalue weighted by atomic mass is 32.2. The number of rotatable bonds is 6. The van der Waals surface area contributed by atoms with Gasteiger partial charge in [0.25, 0.3) is 0 Å². The summed E-state index contributed by atoms with van der Waals surface area (Å²) in [5, 5.41) is 5.46. The first kappa shape index (κ1) is 21.8. The molecule has 0 spiro atoms. The third-order valence-electron chi connectivity index (χ3n) is 7.26. The van der Waals surface area contributed by atoms with Crippen LogP contribution in [0.1, 0.15) is 39.2 Å². The van der Waals surface area contributed by atoms with E-state index in [9.17, 15) is 13.2 Å². The number of hydrogen-bond donors (Lipinski definition) is 3. The summed E-state index contributed by atoms with van der Waals surface area (Å²) in [7, 11) is -3.61. The van der Waals surface area contributed by atoms with E-state index >= 15 is 0 Å². The van der Waals surface area contributed by atoms with Gasteiger partial charge in [0.1, 0.15) is 0 Å². The quantitative estimate of drug-likeness (QED) is 0.634. The van der Waals surface area contributed by atoms with Gasteiger partial charge in [-0.3, -0.25) is 4.98 Å². The van der Waals surface area contributed by atoms with Gasteiger partial charge < -0.3 is 10.6 Å². The van der Waals surface area contributed by atoms with E-state index < -0.39 is 10.0 Å². The van der Waals surface area contributed by atoms with Gasteiger partial charge in [-0.2, -0.15) is 0 Å². The lowest BCUT2D eigenvalue weighted by molar-refractivity contribution is -0.111. The van der Waals surface area contributed by atoms with E-state index in [-0.39, 0.29) is 17.0 Å². The second-order valence-electron chi connectivity index (χ2n) is 9.38. The van der Waals surface area contributed by atoms with Gasteiger partial charge in [-0.25, -0.2) is 17.9 Å². The number of urea groups is 1. The molecular formula is C23H30N4O3S. The lowest BCUT2D eigenvalue weighted by Crippen LogP contribution is -2.60. The zero-order valence-electron chi connectivity index (χ0n) is 18.1. The third kappa shape index (κ3) is 4.45. The molecular weight excluding hydrogens is 412 g/mol. The van der Waals surface area contributed by atoms with E-state index in [1.807, 2.05) is 6.07 Å². The summed E-state index contributed by atoms with van der Waals surface area (Å²) in [4.78, 5) is 16.3. The number of nitrogens with one attached hydrogen (secondary N) is 3. The molecule has 0 unspecified atom stereocenters. The largest absolute Gasteiger partial charge is 0.334 e. The molecule has 3 aliphatic rings. The first-order chi connectivity index (χ1) is 14.7. The summed E-state index contributed by atoms with van der Waals surface area (Å²) in [6.45, 7) is 7.11. The Kier molecular flexibility index (Phi) is 5.79. The van der Waals surface area contributed by atoms with Gasteiger partial charge in [0.15, 0.2) is 0 Å². The Bertz CT molecular complexity index is 1040. The highest BCUT2D eigenvalue weighted by Gasteiger charge is 2.56. The molecule has 0 radical (unpaired) electrons. The second kappa shape index (κ2) is 8.24. The third-order valence-corrected chi connectivity index (χ3v) is 8.76. The number of pyridine rings is 1. The molecule has 2 aromatic rings. The Morgan fingerprint density at radius 3 is 2.52 bits per heavy atom. The molecule has 3 aliphatic carbocycles. The minimum atomic E-state index is -3.61. The maximum Gasteiger partial charge on any atom is 0.319 e. The molecule has 3 N–H and O–H groups in total. The van der Waals surface area contributed by atoms with Crippen molar-refractivity contribution < 1.29 is 13.2 Å². The molecule has 1 aromatic carbocycles. The van der Waals surface area contributed by atoms with E-state index in [0.717, 1.165) is 12.0 Å². The van der Waals surface area contributed by atoms with Crippen LogP contribution in [0.2, 0.25) is 0 Å². The van der Waals surface area contributed by atoms with Gasteiger partial charge in [0, 0.05) is 30.7 Å². The van der Waals surface area contributed by atoms with Gasteiger partial charge in [-0.15, -0.1) is 0 Å². The number of carbonyl (C=O) groups is 1. The van der Waals surface area contributed by atoms with Crippen molar-refractivity contribution in [1.29, 1.82) is 0 Å². The van der Waals surface area contributed by atoms with Gasteiger partial charge in [0.05, 0.1) is 4.90 Å². The number of nitrogens with zero attached hydrogens (tertiary/aromatic N) is 1. The number of anilines is 1. The Hall–Kier alpha value is -2.45. The summed E-state index contributed by atoms with van der Waals surface area (Å²) < 4.78 is 28.7. The van der Waals surface area contributed by atoms with Gasteiger partial charge >= 0.3 is 6.03 Å². The monoisotopic (exact) mass is 442 g/mol. The summed E-state index contributed by atoms with van der Waals surface area (Å²) in [5.74, 6) is 1.47. The molecule has 2 amide bonds. The van der Waals surface area contributed by atoms with Crippen molar-refractivity contribution >= 4 is 21.7 Å². The zero-order chi connectivity index (χ0) is 22.2. The van der Waals surface area contributed by atoms with Crippen molar-refractivity contribution in [3.63, 3.8) is 0 Å². The van der Waals surface area contributed by atoms with Crippen molar-refractivity contribution in [2.45, 2.75) is 51.1 Å². The average molecular weight is 443 g/mol. The second-order valence-corrected chi connectivity index (χ2v) is 11.1. The van der Waals surface area contributed by atoms with E-state index in [4.69, 9.17) is 0 Å². The van der Waals surface area contributed by atoms with Crippen LogP contribution in [0.15, 0.2) is 53.7 Å². The first-order valence-corrected chi connectivity index (χ1v) is 12.2. The predicted octanol–water partition coefficient (Wildman–Crippen LogP) is 3.75. The van der Waals surface area contributed by atoms with Crippen LogP contribution in [-0.4, -0.2) is 25.5 Å². The van der Waals surface area contributed by atoms with E-state index in [1.165, 1.54) is 18.6 Å². The van der Waals surface area contributed by atoms with E-state index in [0.29, 0.717) is 35.4 Å². The minimum Gasteiger partial charge on any atom is -0.334 e. The van der Waals surface area contributed by atoms with E-state index in [2.05, 4.69) is 41.1 Å². The number of sulfonamides is 1. The Morgan fingerprint density at radius 2 is 1.90 bits per heavy atom. The summed E-state index contributed by atoms with van der Waals surface area (Å²) >= 11 is 0. The maximum absolute atomic E-state index is 12.9. The Morgan fingerprint density at radius 1 is 1.16 bits per heavy atom. The number of aromatic nitrogens is 1. The topological polar surface area (TPSA) is 100 Å². The van der Waals surface area contributed by atoms with Crippen molar-refractivity contribution in [2.75, 3.05) is 5.32 Å². The fourth-order valence-corrected chi connectivity index (χ4v) is 6.49. The van der Waals surface area contributed by atoms with Crippen molar-refractivity contribution in [2.24, 2.45) is 23.2 Å². The lowest BCUT2D eigenvalue weighted by Gasteiger charge is -2.62. The van der Waals surface area contributed by atoms with Crippen LogP contribution in [0.25, 0.3) is 0 Å². The van der Waals surface area contributed by atoms with Crippen LogP contribution in [0.4, 0.5) is 10.5 Å². The summed E-state index contributed by atoms with van der Waals surface area (Å²) in [6, 6.07) is 9.53. The molecule has 1 heterocycles. The molecule has 2 bridgehead atoms. The normalized spacial score (nSPS) is 26.5. The summed E-state index contributed by atoms with van der Waals surface area (Å²) in [5.41, 5.74) is 1.73. The minimum absolute atomic E-state index is 0.0298. The van der Waals surface area contributed by atoms with Crippen molar-refractivity contribution in [3.8, 4) is 0 Å². The molecule has 3 saturated carbocycles. The molecule has 3 fully saturated rings. The van der Waals surface area contributed by atoms with Crippen LogP contribution < -0.4 is 15.4 Å². The fraction of sp³-hybridized carbons (Fsp3) is 0.478. The zero-order valence-corrected chi connectivity index (χ0v) is 18.9. The smallest absolute Gasteiger partial charge is 0.319 e. The van der Waals surface area contributed by atoms with Gasteiger partial charge in [-0.05, 0) is 71.9 Å². The van der Waals surface area contributed by atoms with Crippen LogP contribution >= 0.6 is 0 Å². The molecule has 5 rings (SSSR count). The highest BCUT2D eigenvalue weighted by Crippen LogP contribution is 2.61. The van der Waals surface area contributed by atoms with Crippen molar-refractivity contribution in [3.05, 3.63) is 54.4 Å². The Balaban J connectivity index is 1.33. The number of hydrogen-bond acceptors (Lipinski definition) is 4. The molecule has 7 nitrogen and oxygen atoms in total. The van der Waals surface area contributed by atoms with Crippen LogP contribution in [0, 0.1) is 23.2 Å². The predicted molar refractivity (Wildman–Crippen MR) is 120 cm³/mol. The van der Waals surface area contributed by atoms with Crippen LogP contribution in [0.5, 0.6) is 0 Å². The molecule has 4 atom stereocenters. The van der Waals surface area contributed by atoms with Gasteiger partial charge in [0.2, 0.25) is 10.0 Å². The maximum atomic E-state index is 12.9.